The topological polar surface area (TPSA) is 137 Å². The van der Waals surface area contributed by atoms with Gasteiger partial charge >= 0.3 is 0 Å². The Hall–Kier alpha value is -3.88. The van der Waals surface area contributed by atoms with Gasteiger partial charge in [-0.25, -0.2) is 4.39 Å². The van der Waals surface area contributed by atoms with Crippen LogP contribution in [0.1, 0.15) is 54.3 Å². The monoisotopic (exact) mass is 602 g/mol. The Balaban J connectivity index is 1.73. The van der Waals surface area contributed by atoms with E-state index < -0.39 is 29.3 Å². The molecular weight excluding hydrogens is 567 g/mol. The second-order valence-electron chi connectivity index (χ2n) is 10.1. The van der Waals surface area contributed by atoms with Crippen molar-refractivity contribution < 1.29 is 33.0 Å². The summed E-state index contributed by atoms with van der Waals surface area (Å²) in [5, 5.41) is 15.6. The second kappa shape index (κ2) is 13.4. The normalized spacial score (nSPS) is 17.4. The number of thiophene rings is 1. The van der Waals surface area contributed by atoms with E-state index in [4.69, 9.17) is 14.2 Å². The molecule has 0 unspecified atom stereocenters. The van der Waals surface area contributed by atoms with Crippen molar-refractivity contribution in [2.24, 2.45) is 0 Å². The number of nitrogens with one attached hydrogen (secondary N) is 2. The molecule has 226 valence electrons. The maximum Gasteiger partial charge on any atom is 0.264 e. The Morgan fingerprint density at radius 2 is 2.00 bits per heavy atom. The first-order valence-corrected chi connectivity index (χ1v) is 14.2. The first-order chi connectivity index (χ1) is 20.1. The number of amides is 3. The van der Waals surface area contributed by atoms with Gasteiger partial charge < -0.3 is 24.8 Å². The van der Waals surface area contributed by atoms with Crippen LogP contribution in [0.3, 0.4) is 0 Å². The molecule has 1 saturated heterocycles. The molecule has 0 saturated carbocycles. The van der Waals surface area contributed by atoms with Crippen molar-refractivity contribution in [1.29, 1.82) is 0 Å². The number of nitrogens with zero attached hydrogens (tertiary/aromatic N) is 4. The zero-order chi connectivity index (χ0) is 30.4. The molecule has 12 nitrogen and oxygen atoms in total. The van der Waals surface area contributed by atoms with Gasteiger partial charge in [-0.15, -0.1) is 4.80 Å². The minimum Gasteiger partial charge on any atom is -0.496 e. The Labute approximate surface area is 247 Å². The predicted octanol–water partition coefficient (Wildman–Crippen LogP) is 3.26. The molecule has 3 amide bonds. The molecule has 2 atom stereocenters. The Morgan fingerprint density at radius 3 is 2.62 bits per heavy atom. The van der Waals surface area contributed by atoms with Crippen molar-refractivity contribution in [3.05, 3.63) is 53.1 Å². The fourth-order valence-corrected chi connectivity index (χ4v) is 6.11. The summed E-state index contributed by atoms with van der Waals surface area (Å²) in [5.41, 5.74) is 0.390. The number of hydrogen-bond acceptors (Lipinski definition) is 10. The van der Waals surface area contributed by atoms with Crippen LogP contribution in [-0.2, 0) is 19.1 Å². The number of aromatic nitrogens is 3. The molecule has 3 heterocycles. The lowest BCUT2D eigenvalue weighted by atomic mass is 9.89. The number of benzene rings is 1. The van der Waals surface area contributed by atoms with E-state index in [1.807, 2.05) is 0 Å². The maximum absolute atomic E-state index is 14.3. The van der Waals surface area contributed by atoms with Crippen LogP contribution >= 0.6 is 11.3 Å². The number of rotatable bonds is 12. The summed E-state index contributed by atoms with van der Waals surface area (Å²) in [6.45, 7) is 5.69. The average molecular weight is 603 g/mol. The maximum atomic E-state index is 14.3. The largest absolute Gasteiger partial charge is 0.496 e. The fraction of sp³-hybridized carbons (Fsp3) is 0.464. The molecule has 0 spiro atoms. The lowest BCUT2D eigenvalue weighted by Crippen LogP contribution is -2.60. The molecule has 0 bridgehead atoms. The third-order valence-corrected chi connectivity index (χ3v) is 8.36. The zero-order valence-corrected chi connectivity index (χ0v) is 25.0. The van der Waals surface area contributed by atoms with Crippen LogP contribution in [0.2, 0.25) is 0 Å². The molecule has 3 aromatic rings. The summed E-state index contributed by atoms with van der Waals surface area (Å²) in [6, 6.07) is 4.17. The van der Waals surface area contributed by atoms with Gasteiger partial charge in [-0.1, -0.05) is 11.3 Å². The smallest absolute Gasteiger partial charge is 0.264 e. The summed E-state index contributed by atoms with van der Waals surface area (Å²) in [4.78, 5) is 41.7. The van der Waals surface area contributed by atoms with Crippen LogP contribution in [-0.4, -0.2) is 83.7 Å². The first kappa shape index (κ1) is 31.1. The number of carbonyl (C=O) groups is 3. The highest BCUT2D eigenvalue weighted by molar-refractivity contribution is 7.19. The Kier molecular flexibility index (Phi) is 9.91. The number of imide groups is 1. The highest BCUT2D eigenvalue weighted by Gasteiger charge is 2.43. The highest BCUT2D eigenvalue weighted by atomic mass is 32.1. The molecular formula is C28H35FN6O6S. The molecule has 1 aliphatic rings. The molecule has 4 rings (SSSR count). The molecule has 2 aromatic heterocycles. The standard InChI is InChI=1S/C28H35FN6O6S/c1-17-24(26(38)34(18(2)36)28(3)9-8-23(37)31-16-28)25(42-27(17)35-32-10-11-33-35)30-15-22(41-13-12-39-4)20-14-19(29)6-7-21(20)40-5/h6-7,10-11,14,22,30H,8-9,12-13,15-16H2,1-5H3,(H,31,37)/t22-,28+/m0/s1. The van der Waals surface area contributed by atoms with Gasteiger partial charge in [-0.2, -0.15) is 10.2 Å². The molecule has 1 aromatic carbocycles. The summed E-state index contributed by atoms with van der Waals surface area (Å²) >= 11 is 1.24. The van der Waals surface area contributed by atoms with Crippen LogP contribution in [0.4, 0.5) is 9.39 Å². The lowest BCUT2D eigenvalue weighted by Gasteiger charge is -2.42. The van der Waals surface area contributed by atoms with E-state index >= 15 is 0 Å². The molecule has 1 aliphatic heterocycles. The van der Waals surface area contributed by atoms with Gasteiger partial charge in [0.2, 0.25) is 11.8 Å². The Morgan fingerprint density at radius 1 is 1.26 bits per heavy atom. The van der Waals surface area contributed by atoms with Gasteiger partial charge in [-0.05, 0) is 38.5 Å². The number of anilines is 1. The van der Waals surface area contributed by atoms with E-state index in [9.17, 15) is 18.8 Å². The SMILES string of the molecule is COCCO[C@@H](CNc1sc(-n2nccn2)c(C)c1C(=O)N(C(C)=O)[C@]1(C)CCC(=O)NC1)c1cc(F)ccc1OC. The molecule has 42 heavy (non-hydrogen) atoms. The number of halogens is 1. The fourth-order valence-electron chi connectivity index (χ4n) is 4.99. The quantitative estimate of drug-likeness (QED) is 0.299. The minimum atomic E-state index is -0.923. The average Bonchev–Trinajstić information content (AvgIpc) is 3.60. The summed E-state index contributed by atoms with van der Waals surface area (Å²) < 4.78 is 31.0. The van der Waals surface area contributed by atoms with Crippen molar-refractivity contribution >= 4 is 34.1 Å². The minimum absolute atomic E-state index is 0.128. The molecule has 1 fully saturated rings. The van der Waals surface area contributed by atoms with Crippen molar-refractivity contribution in [3.8, 4) is 10.8 Å². The third kappa shape index (κ3) is 6.61. The van der Waals surface area contributed by atoms with Crippen molar-refractivity contribution in [3.63, 3.8) is 0 Å². The van der Waals surface area contributed by atoms with E-state index in [-0.39, 0.29) is 37.6 Å². The number of carbonyl (C=O) groups excluding carboxylic acids is 3. The van der Waals surface area contributed by atoms with Crippen molar-refractivity contribution in [2.75, 3.05) is 45.8 Å². The van der Waals surface area contributed by atoms with E-state index in [0.29, 0.717) is 39.9 Å². The first-order valence-electron chi connectivity index (χ1n) is 13.4. The van der Waals surface area contributed by atoms with Crippen LogP contribution < -0.4 is 15.4 Å². The van der Waals surface area contributed by atoms with E-state index in [0.717, 1.165) is 0 Å². The van der Waals surface area contributed by atoms with Gasteiger partial charge in [-0.3, -0.25) is 19.3 Å². The third-order valence-electron chi connectivity index (χ3n) is 7.14. The molecule has 0 aliphatic carbocycles. The highest BCUT2D eigenvalue weighted by Crippen LogP contribution is 2.39. The number of hydrogen-bond donors (Lipinski definition) is 2. The van der Waals surface area contributed by atoms with E-state index in [2.05, 4.69) is 20.8 Å². The predicted molar refractivity (Wildman–Crippen MR) is 153 cm³/mol. The van der Waals surface area contributed by atoms with Gasteiger partial charge in [0.1, 0.15) is 27.7 Å². The molecule has 2 N–H and O–H groups in total. The number of methoxy groups -OCH3 is 2. The van der Waals surface area contributed by atoms with Crippen molar-refractivity contribution in [2.45, 2.75) is 45.3 Å². The van der Waals surface area contributed by atoms with Gasteiger partial charge in [0.25, 0.3) is 5.91 Å². The number of ether oxygens (including phenoxy) is 3. The van der Waals surface area contributed by atoms with Crippen LogP contribution in [0, 0.1) is 12.7 Å². The van der Waals surface area contributed by atoms with Gasteiger partial charge in [0.15, 0.2) is 0 Å². The van der Waals surface area contributed by atoms with E-state index in [1.165, 1.54) is 65.7 Å². The van der Waals surface area contributed by atoms with Gasteiger partial charge in [0, 0.05) is 44.7 Å². The lowest BCUT2D eigenvalue weighted by molar-refractivity contribution is -0.135. The zero-order valence-electron chi connectivity index (χ0n) is 24.2. The second-order valence-corrected chi connectivity index (χ2v) is 11.1. The summed E-state index contributed by atoms with van der Waals surface area (Å²) in [6.07, 6.45) is 2.89. The summed E-state index contributed by atoms with van der Waals surface area (Å²) in [5.74, 6) is -1.10. The molecule has 14 heteroatoms. The van der Waals surface area contributed by atoms with E-state index in [1.54, 1.807) is 21.0 Å². The van der Waals surface area contributed by atoms with Crippen LogP contribution in [0.15, 0.2) is 30.6 Å². The molecule has 0 radical (unpaired) electrons. The summed E-state index contributed by atoms with van der Waals surface area (Å²) in [7, 11) is 3.04. The van der Waals surface area contributed by atoms with Crippen LogP contribution in [0.5, 0.6) is 5.75 Å². The Bertz CT molecular complexity index is 1420. The van der Waals surface area contributed by atoms with Crippen molar-refractivity contribution in [1.82, 2.24) is 25.2 Å². The number of piperidine rings is 1. The van der Waals surface area contributed by atoms with Gasteiger partial charge in [0.05, 0.1) is 43.8 Å². The van der Waals surface area contributed by atoms with Crippen LogP contribution in [0.25, 0.3) is 5.00 Å².